The number of aromatic nitrogens is 1. The summed E-state index contributed by atoms with van der Waals surface area (Å²) < 4.78 is 5.56. The average Bonchev–Trinajstić information content (AvgIpc) is 2.80. The van der Waals surface area contributed by atoms with E-state index in [1.807, 2.05) is 26.0 Å². The molecule has 114 valence electrons. The van der Waals surface area contributed by atoms with Gasteiger partial charge in [-0.3, -0.25) is 4.79 Å². The van der Waals surface area contributed by atoms with Gasteiger partial charge in [0, 0.05) is 18.3 Å². The zero-order valence-electron chi connectivity index (χ0n) is 13.1. The van der Waals surface area contributed by atoms with E-state index >= 15 is 0 Å². The molecule has 0 fully saturated rings. The topological polar surface area (TPSA) is 81.2 Å². The van der Waals surface area contributed by atoms with Gasteiger partial charge in [0.2, 0.25) is 0 Å². The SMILES string of the molecule is Cc1ccc2oc(C(=O)NC(C)(CN)CC(C)C)cc2n1. The maximum absolute atomic E-state index is 12.4. The van der Waals surface area contributed by atoms with Crippen molar-refractivity contribution in [3.05, 3.63) is 29.7 Å². The first kappa shape index (κ1) is 15.5. The molecule has 21 heavy (non-hydrogen) atoms. The molecular weight excluding hydrogens is 266 g/mol. The summed E-state index contributed by atoms with van der Waals surface area (Å²) >= 11 is 0. The Morgan fingerprint density at radius 3 is 2.81 bits per heavy atom. The van der Waals surface area contributed by atoms with Crippen molar-refractivity contribution in [1.29, 1.82) is 0 Å². The number of amides is 1. The molecule has 1 atom stereocenters. The molecule has 2 heterocycles. The minimum Gasteiger partial charge on any atom is -0.449 e. The summed E-state index contributed by atoms with van der Waals surface area (Å²) in [5, 5.41) is 2.98. The van der Waals surface area contributed by atoms with Gasteiger partial charge in [0.1, 0.15) is 5.52 Å². The van der Waals surface area contributed by atoms with Crippen molar-refractivity contribution in [1.82, 2.24) is 10.3 Å². The molecule has 0 aromatic carbocycles. The number of hydrogen-bond donors (Lipinski definition) is 2. The average molecular weight is 289 g/mol. The van der Waals surface area contributed by atoms with Gasteiger partial charge in [-0.1, -0.05) is 13.8 Å². The van der Waals surface area contributed by atoms with Gasteiger partial charge < -0.3 is 15.5 Å². The van der Waals surface area contributed by atoms with Crippen LogP contribution < -0.4 is 11.1 Å². The van der Waals surface area contributed by atoms with Crippen LogP contribution in [-0.4, -0.2) is 23.0 Å². The standard InChI is InChI=1S/C16H23N3O2/c1-10(2)8-16(4,9-17)19-15(20)14-7-12-13(21-14)6-5-11(3)18-12/h5-7,10H,8-9,17H2,1-4H3,(H,19,20). The largest absolute Gasteiger partial charge is 0.449 e. The van der Waals surface area contributed by atoms with Crippen LogP contribution >= 0.6 is 0 Å². The Morgan fingerprint density at radius 1 is 1.48 bits per heavy atom. The molecule has 5 heteroatoms. The number of furan rings is 1. The van der Waals surface area contributed by atoms with Crippen molar-refractivity contribution in [3.8, 4) is 0 Å². The summed E-state index contributed by atoms with van der Waals surface area (Å²) in [6.45, 7) is 8.45. The minimum atomic E-state index is -0.437. The Kier molecular flexibility index (Phi) is 4.32. The number of nitrogens with zero attached hydrogens (tertiary/aromatic N) is 1. The second-order valence-electron chi connectivity index (χ2n) is 6.26. The number of nitrogens with two attached hydrogens (primary N) is 1. The quantitative estimate of drug-likeness (QED) is 0.886. The van der Waals surface area contributed by atoms with Crippen LogP contribution in [-0.2, 0) is 0 Å². The van der Waals surface area contributed by atoms with Gasteiger partial charge in [-0.15, -0.1) is 0 Å². The summed E-state index contributed by atoms with van der Waals surface area (Å²) in [7, 11) is 0. The van der Waals surface area contributed by atoms with Gasteiger partial charge in [-0.2, -0.15) is 0 Å². The lowest BCUT2D eigenvalue weighted by Crippen LogP contribution is -2.52. The number of carbonyl (C=O) groups excluding carboxylic acids is 1. The molecule has 0 aliphatic rings. The van der Waals surface area contributed by atoms with Crippen LogP contribution in [0, 0.1) is 12.8 Å². The molecule has 0 radical (unpaired) electrons. The Morgan fingerprint density at radius 2 is 2.19 bits per heavy atom. The molecule has 0 saturated carbocycles. The smallest absolute Gasteiger partial charge is 0.287 e. The van der Waals surface area contributed by atoms with E-state index in [9.17, 15) is 4.79 Å². The van der Waals surface area contributed by atoms with Gasteiger partial charge in [0.05, 0.1) is 5.54 Å². The molecule has 2 aromatic heterocycles. The Bertz CT molecular complexity index is 648. The fourth-order valence-electron chi connectivity index (χ4n) is 2.56. The first-order chi connectivity index (χ1) is 9.83. The summed E-state index contributed by atoms with van der Waals surface area (Å²) in [6.07, 6.45) is 0.812. The summed E-state index contributed by atoms with van der Waals surface area (Å²) in [5.74, 6) is 0.463. The first-order valence-corrected chi connectivity index (χ1v) is 7.23. The highest BCUT2D eigenvalue weighted by Gasteiger charge is 2.27. The predicted octanol–water partition coefficient (Wildman–Crippen LogP) is 2.63. The van der Waals surface area contributed by atoms with E-state index in [0.717, 1.165) is 12.1 Å². The van der Waals surface area contributed by atoms with Gasteiger partial charge in [0.25, 0.3) is 5.91 Å². The van der Waals surface area contributed by atoms with Crippen molar-refractivity contribution >= 4 is 17.0 Å². The van der Waals surface area contributed by atoms with Crippen LogP contribution in [0.3, 0.4) is 0 Å². The van der Waals surface area contributed by atoms with Crippen LogP contribution in [0.5, 0.6) is 0 Å². The van der Waals surface area contributed by atoms with E-state index in [2.05, 4.69) is 24.1 Å². The lowest BCUT2D eigenvalue weighted by Gasteiger charge is -2.30. The van der Waals surface area contributed by atoms with E-state index in [1.165, 1.54) is 0 Å². The fourth-order valence-corrected chi connectivity index (χ4v) is 2.56. The highest BCUT2D eigenvalue weighted by Crippen LogP contribution is 2.20. The second-order valence-corrected chi connectivity index (χ2v) is 6.26. The third kappa shape index (κ3) is 3.61. The third-order valence-electron chi connectivity index (χ3n) is 3.46. The molecule has 0 aliphatic heterocycles. The highest BCUT2D eigenvalue weighted by molar-refractivity contribution is 5.95. The Balaban J connectivity index is 2.21. The Labute approximate surface area is 124 Å². The van der Waals surface area contributed by atoms with Crippen LogP contribution in [0.4, 0.5) is 0 Å². The number of aryl methyl sites for hydroxylation is 1. The number of nitrogens with one attached hydrogen (secondary N) is 1. The third-order valence-corrected chi connectivity index (χ3v) is 3.46. The molecule has 2 rings (SSSR count). The molecule has 0 saturated heterocycles. The maximum Gasteiger partial charge on any atom is 0.287 e. The molecule has 3 N–H and O–H groups in total. The second kappa shape index (κ2) is 5.85. The summed E-state index contributed by atoms with van der Waals surface area (Å²) in [6, 6.07) is 5.35. The van der Waals surface area contributed by atoms with Gasteiger partial charge in [0.15, 0.2) is 11.3 Å². The number of fused-ring (bicyclic) bond motifs is 1. The predicted molar refractivity (Wildman–Crippen MR) is 83.1 cm³/mol. The first-order valence-electron chi connectivity index (χ1n) is 7.23. The molecular formula is C16H23N3O2. The Hall–Kier alpha value is -1.88. The molecule has 0 aliphatic carbocycles. The summed E-state index contributed by atoms with van der Waals surface area (Å²) in [5.41, 5.74) is 7.58. The van der Waals surface area contributed by atoms with E-state index < -0.39 is 5.54 Å². The molecule has 5 nitrogen and oxygen atoms in total. The lowest BCUT2D eigenvalue weighted by atomic mass is 9.90. The molecule has 0 bridgehead atoms. The molecule has 1 amide bonds. The number of hydrogen-bond acceptors (Lipinski definition) is 4. The van der Waals surface area contributed by atoms with Crippen molar-refractivity contribution in [2.24, 2.45) is 11.7 Å². The number of rotatable bonds is 5. The summed E-state index contributed by atoms with van der Waals surface area (Å²) in [4.78, 5) is 16.7. The van der Waals surface area contributed by atoms with Crippen LogP contribution in [0.25, 0.3) is 11.1 Å². The van der Waals surface area contributed by atoms with Crippen LogP contribution in [0.2, 0.25) is 0 Å². The van der Waals surface area contributed by atoms with E-state index in [1.54, 1.807) is 6.07 Å². The number of pyridine rings is 1. The molecule has 0 spiro atoms. The number of carbonyl (C=O) groups is 1. The zero-order valence-corrected chi connectivity index (χ0v) is 13.1. The zero-order chi connectivity index (χ0) is 15.6. The minimum absolute atomic E-state index is 0.251. The monoisotopic (exact) mass is 289 g/mol. The fraction of sp³-hybridized carbons (Fsp3) is 0.500. The van der Waals surface area contributed by atoms with Crippen LogP contribution in [0.15, 0.2) is 22.6 Å². The molecule has 1 unspecified atom stereocenters. The van der Waals surface area contributed by atoms with E-state index in [4.69, 9.17) is 10.2 Å². The lowest BCUT2D eigenvalue weighted by molar-refractivity contribution is 0.0872. The van der Waals surface area contributed by atoms with Crippen molar-refractivity contribution in [3.63, 3.8) is 0 Å². The van der Waals surface area contributed by atoms with Gasteiger partial charge in [-0.25, -0.2) is 4.98 Å². The van der Waals surface area contributed by atoms with Crippen LogP contribution in [0.1, 0.15) is 43.4 Å². The normalized spacial score (nSPS) is 14.4. The maximum atomic E-state index is 12.4. The molecule has 2 aromatic rings. The van der Waals surface area contributed by atoms with Gasteiger partial charge in [-0.05, 0) is 38.3 Å². The van der Waals surface area contributed by atoms with E-state index in [0.29, 0.717) is 23.6 Å². The van der Waals surface area contributed by atoms with Crippen molar-refractivity contribution in [2.75, 3.05) is 6.54 Å². The van der Waals surface area contributed by atoms with E-state index in [-0.39, 0.29) is 11.7 Å². The van der Waals surface area contributed by atoms with Crippen molar-refractivity contribution in [2.45, 2.75) is 39.7 Å². The highest BCUT2D eigenvalue weighted by atomic mass is 16.3. The van der Waals surface area contributed by atoms with Gasteiger partial charge >= 0.3 is 0 Å². The van der Waals surface area contributed by atoms with Crippen molar-refractivity contribution < 1.29 is 9.21 Å².